The van der Waals surface area contributed by atoms with Crippen LogP contribution in [0.5, 0.6) is 5.75 Å². The first-order valence-electron chi connectivity index (χ1n) is 6.09. The molecule has 0 aliphatic rings. The summed E-state index contributed by atoms with van der Waals surface area (Å²) in [5.41, 5.74) is 2.65. The molecule has 0 saturated carbocycles. The van der Waals surface area contributed by atoms with Crippen LogP contribution in [0, 0.1) is 0 Å². The first-order chi connectivity index (χ1) is 8.61. The topological polar surface area (TPSA) is 58.3 Å². The zero-order chi connectivity index (χ0) is 13.1. The number of aromatic hydroxyl groups is 1. The molecule has 4 heteroatoms. The molecule has 2 rings (SSSR count). The number of phenols is 1. The van der Waals surface area contributed by atoms with Crippen LogP contribution < -0.4 is 0 Å². The molecule has 4 nitrogen and oxygen atoms in total. The van der Waals surface area contributed by atoms with Gasteiger partial charge in [0.2, 0.25) is 0 Å². The van der Waals surface area contributed by atoms with Crippen molar-refractivity contribution in [3.63, 3.8) is 0 Å². The molecule has 0 amide bonds. The molecule has 0 aliphatic heterocycles. The summed E-state index contributed by atoms with van der Waals surface area (Å²) < 4.78 is 1.85. The van der Waals surface area contributed by atoms with E-state index in [9.17, 15) is 5.11 Å². The highest BCUT2D eigenvalue weighted by atomic mass is 16.3. The molecule has 1 aromatic carbocycles. The Morgan fingerprint density at radius 3 is 2.72 bits per heavy atom. The average Bonchev–Trinajstić information content (AvgIpc) is 2.81. The predicted molar refractivity (Wildman–Crippen MR) is 70.5 cm³/mol. The first kappa shape index (κ1) is 12.6. The van der Waals surface area contributed by atoms with E-state index in [1.165, 1.54) is 0 Å². The molecule has 0 saturated heterocycles. The minimum Gasteiger partial charge on any atom is -0.507 e. The predicted octanol–water partition coefficient (Wildman–Crippen LogP) is 2.37. The number of benzene rings is 1. The van der Waals surface area contributed by atoms with Crippen molar-refractivity contribution in [3.05, 3.63) is 36.2 Å². The van der Waals surface area contributed by atoms with Crippen LogP contribution in [0.2, 0.25) is 0 Å². The maximum atomic E-state index is 9.90. The van der Waals surface area contributed by atoms with Gasteiger partial charge in [0, 0.05) is 30.0 Å². The van der Waals surface area contributed by atoms with Crippen molar-refractivity contribution >= 4 is 0 Å². The zero-order valence-electron chi connectivity index (χ0n) is 10.7. The van der Waals surface area contributed by atoms with Gasteiger partial charge in [-0.3, -0.25) is 4.68 Å². The summed E-state index contributed by atoms with van der Waals surface area (Å²) in [6, 6.07) is 5.67. The van der Waals surface area contributed by atoms with Crippen LogP contribution in [-0.4, -0.2) is 26.6 Å². The Morgan fingerprint density at radius 2 is 2.11 bits per heavy atom. The number of phenolic OH excluding ortho intramolecular Hbond substituents is 1. The van der Waals surface area contributed by atoms with Gasteiger partial charge in [-0.05, 0) is 38.0 Å². The maximum Gasteiger partial charge on any atom is 0.123 e. The highest BCUT2D eigenvalue weighted by Crippen LogP contribution is 2.30. The fraction of sp³-hybridized carbons (Fsp3) is 0.357. The first-order valence-corrected chi connectivity index (χ1v) is 6.09. The van der Waals surface area contributed by atoms with Crippen molar-refractivity contribution in [3.8, 4) is 16.9 Å². The fourth-order valence-electron chi connectivity index (χ4n) is 1.86. The van der Waals surface area contributed by atoms with Gasteiger partial charge in [-0.15, -0.1) is 0 Å². The van der Waals surface area contributed by atoms with Gasteiger partial charge in [0.05, 0.1) is 6.20 Å². The number of rotatable bonds is 4. The normalized spacial score (nSPS) is 11.1. The average molecular weight is 246 g/mol. The zero-order valence-corrected chi connectivity index (χ0v) is 10.7. The lowest BCUT2D eigenvalue weighted by Crippen LogP contribution is -1.99. The van der Waals surface area contributed by atoms with Crippen molar-refractivity contribution in [2.45, 2.75) is 26.3 Å². The molecule has 0 fully saturated rings. The fourth-order valence-corrected chi connectivity index (χ4v) is 1.86. The molecular formula is C14H18N2O2. The number of aromatic nitrogens is 2. The van der Waals surface area contributed by atoms with E-state index >= 15 is 0 Å². The van der Waals surface area contributed by atoms with Crippen LogP contribution in [0.4, 0.5) is 0 Å². The third-order valence-electron chi connectivity index (χ3n) is 2.90. The van der Waals surface area contributed by atoms with Crippen molar-refractivity contribution in [2.24, 2.45) is 0 Å². The number of nitrogens with zero attached hydrogens (tertiary/aromatic N) is 2. The molecule has 0 aliphatic carbocycles. The van der Waals surface area contributed by atoms with Gasteiger partial charge in [0.1, 0.15) is 5.75 Å². The Morgan fingerprint density at radius 1 is 1.33 bits per heavy atom. The standard InChI is InChI=1S/C14H18N2O2/c1-10(2)16-9-12(8-15-16)13-7-11(5-6-17)3-4-14(13)18/h3-4,7-10,17-18H,5-6H2,1-2H3. The van der Waals surface area contributed by atoms with E-state index in [1.54, 1.807) is 12.3 Å². The second-order valence-electron chi connectivity index (χ2n) is 4.63. The van der Waals surface area contributed by atoms with Gasteiger partial charge in [0.15, 0.2) is 0 Å². The van der Waals surface area contributed by atoms with Gasteiger partial charge >= 0.3 is 0 Å². The monoisotopic (exact) mass is 246 g/mol. The van der Waals surface area contributed by atoms with E-state index in [1.807, 2.05) is 23.0 Å². The van der Waals surface area contributed by atoms with Crippen LogP contribution in [0.25, 0.3) is 11.1 Å². The van der Waals surface area contributed by atoms with Crippen molar-refractivity contribution < 1.29 is 10.2 Å². The second kappa shape index (κ2) is 5.23. The summed E-state index contributed by atoms with van der Waals surface area (Å²) in [6.07, 6.45) is 4.26. The molecule has 1 aromatic heterocycles. The van der Waals surface area contributed by atoms with Crippen molar-refractivity contribution in [1.82, 2.24) is 9.78 Å². The largest absolute Gasteiger partial charge is 0.507 e. The summed E-state index contributed by atoms with van der Waals surface area (Å²) in [5.74, 6) is 0.236. The van der Waals surface area contributed by atoms with Gasteiger partial charge in [-0.2, -0.15) is 5.10 Å². The Bertz CT molecular complexity index is 532. The maximum absolute atomic E-state index is 9.90. The molecule has 0 unspecified atom stereocenters. The van der Waals surface area contributed by atoms with Crippen LogP contribution in [0.1, 0.15) is 25.5 Å². The molecule has 2 aromatic rings. The van der Waals surface area contributed by atoms with Gasteiger partial charge in [0.25, 0.3) is 0 Å². The quantitative estimate of drug-likeness (QED) is 0.870. The molecule has 1 heterocycles. The summed E-state index contributed by atoms with van der Waals surface area (Å²) in [6.45, 7) is 4.22. The minimum absolute atomic E-state index is 0.107. The number of aliphatic hydroxyl groups excluding tert-OH is 1. The van der Waals surface area contributed by atoms with Gasteiger partial charge in [-0.25, -0.2) is 0 Å². The molecular weight excluding hydrogens is 228 g/mol. The van der Waals surface area contributed by atoms with E-state index in [4.69, 9.17) is 5.11 Å². The van der Waals surface area contributed by atoms with Crippen LogP contribution >= 0.6 is 0 Å². The Hall–Kier alpha value is -1.81. The summed E-state index contributed by atoms with van der Waals surface area (Å²) >= 11 is 0. The Balaban J connectivity index is 2.38. The third kappa shape index (κ3) is 2.54. The number of aliphatic hydroxyl groups is 1. The minimum atomic E-state index is 0.107. The summed E-state index contributed by atoms with van der Waals surface area (Å²) in [4.78, 5) is 0. The second-order valence-corrected chi connectivity index (χ2v) is 4.63. The van der Waals surface area contributed by atoms with E-state index in [0.717, 1.165) is 16.7 Å². The molecule has 2 N–H and O–H groups in total. The highest BCUT2D eigenvalue weighted by molar-refractivity contribution is 5.69. The molecule has 0 spiro atoms. The van der Waals surface area contributed by atoms with Gasteiger partial charge in [-0.1, -0.05) is 6.07 Å². The highest BCUT2D eigenvalue weighted by Gasteiger charge is 2.09. The Kier molecular flexibility index (Phi) is 3.67. The van der Waals surface area contributed by atoms with E-state index in [2.05, 4.69) is 18.9 Å². The molecule has 0 bridgehead atoms. The van der Waals surface area contributed by atoms with Crippen LogP contribution in [0.15, 0.2) is 30.6 Å². The summed E-state index contributed by atoms with van der Waals surface area (Å²) in [7, 11) is 0. The van der Waals surface area contributed by atoms with E-state index < -0.39 is 0 Å². The Labute approximate surface area is 107 Å². The molecule has 96 valence electrons. The van der Waals surface area contributed by atoms with E-state index in [0.29, 0.717) is 12.5 Å². The van der Waals surface area contributed by atoms with E-state index in [-0.39, 0.29) is 12.4 Å². The van der Waals surface area contributed by atoms with Crippen LogP contribution in [0.3, 0.4) is 0 Å². The number of hydrogen-bond donors (Lipinski definition) is 2. The molecule has 0 radical (unpaired) electrons. The lowest BCUT2D eigenvalue weighted by atomic mass is 10.0. The SMILES string of the molecule is CC(C)n1cc(-c2cc(CCO)ccc2O)cn1. The van der Waals surface area contributed by atoms with Crippen molar-refractivity contribution in [2.75, 3.05) is 6.61 Å². The summed E-state index contributed by atoms with van der Waals surface area (Å²) in [5, 5.41) is 23.1. The molecule has 0 atom stereocenters. The lowest BCUT2D eigenvalue weighted by Gasteiger charge is -2.06. The van der Waals surface area contributed by atoms with Crippen LogP contribution in [-0.2, 0) is 6.42 Å². The smallest absolute Gasteiger partial charge is 0.123 e. The van der Waals surface area contributed by atoms with Gasteiger partial charge < -0.3 is 10.2 Å². The lowest BCUT2D eigenvalue weighted by molar-refractivity contribution is 0.299. The van der Waals surface area contributed by atoms with Crippen molar-refractivity contribution in [1.29, 1.82) is 0 Å². The number of hydrogen-bond acceptors (Lipinski definition) is 3. The molecule has 18 heavy (non-hydrogen) atoms. The third-order valence-corrected chi connectivity index (χ3v) is 2.90.